The van der Waals surface area contributed by atoms with Crippen molar-refractivity contribution in [2.75, 3.05) is 20.8 Å². The average Bonchev–Trinajstić information content (AvgIpc) is 2.78. The monoisotopic (exact) mass is 539 g/mol. The van der Waals surface area contributed by atoms with Crippen LogP contribution in [0, 0.1) is 5.92 Å². The van der Waals surface area contributed by atoms with Crippen LogP contribution < -0.4 is 25.0 Å². The van der Waals surface area contributed by atoms with Crippen molar-refractivity contribution in [3.05, 3.63) is 51.5 Å². The normalized spacial score (nSPS) is 11.8. The summed E-state index contributed by atoms with van der Waals surface area (Å²) in [5, 5.41) is 7.30. The highest BCUT2D eigenvalue weighted by molar-refractivity contribution is 9.10. The fourth-order valence-electron chi connectivity index (χ4n) is 2.83. The van der Waals surface area contributed by atoms with Crippen molar-refractivity contribution in [3.8, 4) is 17.2 Å². The van der Waals surface area contributed by atoms with Gasteiger partial charge < -0.3 is 19.5 Å². The number of hydrazone groups is 1. The number of methoxy groups -OCH3 is 2. The molecule has 0 unspecified atom stereocenters. The van der Waals surface area contributed by atoms with Crippen molar-refractivity contribution in [2.24, 2.45) is 11.0 Å². The molecule has 0 aromatic heterocycles. The van der Waals surface area contributed by atoms with E-state index in [1.54, 1.807) is 43.5 Å². The minimum absolute atomic E-state index is 0.169. The van der Waals surface area contributed by atoms with E-state index in [1.807, 2.05) is 13.8 Å². The Balaban J connectivity index is 1.99. The Bertz CT molecular complexity index is 983. The fraction of sp³-hybridized carbons (Fsp3) is 0.348. The summed E-state index contributed by atoms with van der Waals surface area (Å²) in [5.41, 5.74) is 3.16. The van der Waals surface area contributed by atoms with E-state index in [0.717, 1.165) is 0 Å². The van der Waals surface area contributed by atoms with Gasteiger partial charge in [-0.05, 0) is 64.7 Å². The first kappa shape index (κ1) is 26.5. The number of benzene rings is 2. The van der Waals surface area contributed by atoms with Crippen LogP contribution in [0.2, 0.25) is 5.02 Å². The number of nitrogens with zero attached hydrogens (tertiary/aromatic N) is 1. The first-order valence-electron chi connectivity index (χ1n) is 10.2. The maximum atomic E-state index is 12.7. The average molecular weight is 541 g/mol. The second-order valence-electron chi connectivity index (χ2n) is 7.46. The molecule has 2 aromatic carbocycles. The maximum Gasteiger partial charge on any atom is 0.262 e. The van der Waals surface area contributed by atoms with Crippen LogP contribution in [-0.4, -0.2) is 44.9 Å². The molecule has 0 bridgehead atoms. The van der Waals surface area contributed by atoms with Crippen molar-refractivity contribution in [2.45, 2.75) is 26.3 Å². The van der Waals surface area contributed by atoms with E-state index in [0.29, 0.717) is 38.7 Å². The van der Waals surface area contributed by atoms with Gasteiger partial charge in [0.2, 0.25) is 0 Å². The molecule has 33 heavy (non-hydrogen) atoms. The smallest absolute Gasteiger partial charge is 0.262 e. The third-order valence-electron chi connectivity index (χ3n) is 4.42. The predicted molar refractivity (Wildman–Crippen MR) is 131 cm³/mol. The highest BCUT2D eigenvalue weighted by Gasteiger charge is 2.22. The van der Waals surface area contributed by atoms with Gasteiger partial charge in [-0.15, -0.1) is 0 Å². The zero-order valence-corrected chi connectivity index (χ0v) is 21.2. The maximum absolute atomic E-state index is 12.7. The summed E-state index contributed by atoms with van der Waals surface area (Å²) in [5.74, 6) is 0.908. The third kappa shape index (κ3) is 8.58. The van der Waals surface area contributed by atoms with E-state index in [1.165, 1.54) is 13.3 Å². The lowest BCUT2D eigenvalue weighted by Gasteiger charge is -2.19. The van der Waals surface area contributed by atoms with E-state index in [-0.39, 0.29) is 12.5 Å². The zero-order chi connectivity index (χ0) is 24.4. The summed E-state index contributed by atoms with van der Waals surface area (Å²) in [7, 11) is 3.08. The summed E-state index contributed by atoms with van der Waals surface area (Å²) in [6.45, 7) is 3.69. The van der Waals surface area contributed by atoms with Crippen molar-refractivity contribution in [1.29, 1.82) is 0 Å². The number of carbonyl (C=O) groups is 2. The van der Waals surface area contributed by atoms with Gasteiger partial charge in [-0.2, -0.15) is 5.10 Å². The lowest BCUT2D eigenvalue weighted by molar-refractivity contribution is -0.130. The molecule has 2 N–H and O–H groups in total. The molecule has 8 nitrogen and oxygen atoms in total. The molecule has 2 rings (SSSR count). The molecule has 178 valence electrons. The topological polar surface area (TPSA) is 98.2 Å². The zero-order valence-electron chi connectivity index (χ0n) is 18.9. The molecule has 0 aliphatic rings. The lowest BCUT2D eigenvalue weighted by Crippen LogP contribution is -2.47. The van der Waals surface area contributed by atoms with Gasteiger partial charge in [-0.1, -0.05) is 25.4 Å². The quantitative estimate of drug-likeness (QED) is 0.329. The molecule has 0 heterocycles. The van der Waals surface area contributed by atoms with E-state index in [2.05, 4.69) is 31.8 Å². The summed E-state index contributed by atoms with van der Waals surface area (Å²) in [6.07, 6.45) is 1.91. The Labute approximate surface area is 206 Å². The van der Waals surface area contributed by atoms with E-state index in [4.69, 9.17) is 25.8 Å². The second-order valence-corrected chi connectivity index (χ2v) is 8.75. The molecule has 2 amide bonds. The first-order chi connectivity index (χ1) is 15.7. The van der Waals surface area contributed by atoms with Gasteiger partial charge in [-0.25, -0.2) is 5.43 Å². The molecule has 0 saturated heterocycles. The number of hydrogen-bond acceptors (Lipinski definition) is 6. The van der Waals surface area contributed by atoms with Crippen LogP contribution in [0.4, 0.5) is 0 Å². The minimum Gasteiger partial charge on any atom is -0.493 e. The van der Waals surface area contributed by atoms with Crippen LogP contribution in [0.5, 0.6) is 17.2 Å². The summed E-state index contributed by atoms with van der Waals surface area (Å²) < 4.78 is 16.7. The largest absolute Gasteiger partial charge is 0.493 e. The third-order valence-corrected chi connectivity index (χ3v) is 5.36. The molecule has 0 saturated carbocycles. The Morgan fingerprint density at radius 1 is 1.12 bits per heavy atom. The van der Waals surface area contributed by atoms with Crippen LogP contribution >= 0.6 is 27.5 Å². The van der Waals surface area contributed by atoms with Crippen LogP contribution in [0.15, 0.2) is 46.0 Å². The summed E-state index contributed by atoms with van der Waals surface area (Å²) in [4.78, 5) is 25.0. The molecule has 2 aromatic rings. The first-order valence-corrected chi connectivity index (χ1v) is 11.3. The number of carbonyl (C=O) groups excluding carboxylic acids is 2. The molecule has 0 radical (unpaired) electrons. The van der Waals surface area contributed by atoms with E-state index in [9.17, 15) is 9.59 Å². The highest BCUT2D eigenvalue weighted by atomic mass is 79.9. The van der Waals surface area contributed by atoms with Gasteiger partial charge in [0.25, 0.3) is 11.8 Å². The number of rotatable bonds is 11. The number of ether oxygens (including phenoxy) is 3. The molecular weight excluding hydrogens is 514 g/mol. The van der Waals surface area contributed by atoms with Gasteiger partial charge in [0.1, 0.15) is 11.8 Å². The Kier molecular flexibility index (Phi) is 10.5. The van der Waals surface area contributed by atoms with Crippen LogP contribution in [0.1, 0.15) is 25.8 Å². The van der Waals surface area contributed by atoms with Gasteiger partial charge in [0.15, 0.2) is 18.1 Å². The van der Waals surface area contributed by atoms with Gasteiger partial charge in [-0.3, -0.25) is 9.59 Å². The van der Waals surface area contributed by atoms with E-state index >= 15 is 0 Å². The van der Waals surface area contributed by atoms with Crippen LogP contribution in [0.3, 0.4) is 0 Å². The highest BCUT2D eigenvalue weighted by Crippen LogP contribution is 2.32. The summed E-state index contributed by atoms with van der Waals surface area (Å²) in [6, 6.07) is 9.35. The predicted octanol–water partition coefficient (Wildman–Crippen LogP) is 4.18. The number of hydrogen-bond donors (Lipinski definition) is 2. The molecular formula is C23H27BrClN3O5. The van der Waals surface area contributed by atoms with Gasteiger partial charge in [0.05, 0.1) is 20.4 Å². The molecule has 0 aliphatic heterocycles. The molecule has 10 heteroatoms. The van der Waals surface area contributed by atoms with Gasteiger partial charge >= 0.3 is 0 Å². The summed E-state index contributed by atoms with van der Waals surface area (Å²) >= 11 is 9.27. The molecule has 1 atom stereocenters. The van der Waals surface area contributed by atoms with Crippen molar-refractivity contribution in [3.63, 3.8) is 0 Å². The standard InChI is InChI=1S/C23H27BrClN3O5/c1-14(2)9-19(27-22(29)13-33-17-7-5-16(25)6-8-17)23(30)28-26-12-15-10-20(31-3)21(32-4)11-18(15)24/h5-8,10-12,14,19H,9,13H2,1-4H3,(H,27,29)(H,28,30)/b26-12-/t19-/m0/s1. The van der Waals surface area contributed by atoms with Crippen molar-refractivity contribution < 1.29 is 23.8 Å². The Morgan fingerprint density at radius 2 is 1.76 bits per heavy atom. The van der Waals surface area contributed by atoms with Crippen molar-refractivity contribution in [1.82, 2.24) is 10.7 Å². The van der Waals surface area contributed by atoms with Gasteiger partial charge in [0, 0.05) is 15.1 Å². The number of nitrogens with one attached hydrogen (secondary N) is 2. The number of halogens is 2. The van der Waals surface area contributed by atoms with E-state index < -0.39 is 17.9 Å². The molecule has 0 spiro atoms. The number of amides is 2. The Hall–Kier alpha value is -2.78. The van der Waals surface area contributed by atoms with Crippen molar-refractivity contribution >= 4 is 45.6 Å². The van der Waals surface area contributed by atoms with Crippen LogP contribution in [-0.2, 0) is 9.59 Å². The lowest BCUT2D eigenvalue weighted by atomic mass is 10.0. The fourth-order valence-corrected chi connectivity index (χ4v) is 3.38. The SMILES string of the molecule is COc1cc(Br)c(/C=N\NC(=O)[C@H](CC(C)C)NC(=O)COc2ccc(Cl)cc2)cc1OC. The Morgan fingerprint density at radius 3 is 2.36 bits per heavy atom. The molecule has 0 aliphatic carbocycles. The van der Waals surface area contributed by atoms with Crippen LogP contribution in [0.25, 0.3) is 0 Å². The second kappa shape index (κ2) is 13.1. The molecule has 0 fully saturated rings. The minimum atomic E-state index is -0.766.